The average molecular weight is 315 g/mol. The minimum Gasteiger partial charge on any atom is -0.497 e. The van der Waals surface area contributed by atoms with E-state index >= 15 is 0 Å². The normalized spacial score (nSPS) is 19.0. The summed E-state index contributed by atoms with van der Waals surface area (Å²) >= 11 is 0. The number of likely N-dealkylation sites (tertiary alicyclic amines) is 1. The lowest BCUT2D eigenvalue weighted by Crippen LogP contribution is -2.52. The van der Waals surface area contributed by atoms with Crippen molar-refractivity contribution >= 4 is 11.7 Å². The molecule has 0 aliphatic carbocycles. The lowest BCUT2D eigenvalue weighted by Gasteiger charge is -2.44. The van der Waals surface area contributed by atoms with Crippen molar-refractivity contribution in [3.05, 3.63) is 35.9 Å². The summed E-state index contributed by atoms with van der Waals surface area (Å²) in [6.45, 7) is 6.59. The molecule has 5 nitrogen and oxygen atoms in total. The van der Waals surface area contributed by atoms with Crippen LogP contribution in [0.5, 0.6) is 11.5 Å². The number of hydrogen-bond donors (Lipinski definition) is 0. The molecule has 0 atom stereocenters. The molecule has 1 amide bonds. The number of ketones is 1. The standard InChI is InChI=1S/C18H21NO4/c1-12(2)17(21)19-8-6-18(7-9-19)11-15(20)14-5-4-13(22-3)10-16(14)23-18/h4-5,10H,1,6-9,11H2,2-3H3. The molecule has 23 heavy (non-hydrogen) atoms. The highest BCUT2D eigenvalue weighted by Crippen LogP contribution is 2.40. The van der Waals surface area contributed by atoms with Gasteiger partial charge in [0, 0.05) is 37.6 Å². The molecule has 0 saturated carbocycles. The summed E-state index contributed by atoms with van der Waals surface area (Å²) in [5.41, 5.74) is 0.635. The van der Waals surface area contributed by atoms with E-state index < -0.39 is 5.60 Å². The van der Waals surface area contributed by atoms with Gasteiger partial charge in [0.25, 0.3) is 0 Å². The van der Waals surface area contributed by atoms with Gasteiger partial charge >= 0.3 is 0 Å². The number of fused-ring (bicyclic) bond motifs is 1. The SMILES string of the molecule is C=C(C)C(=O)N1CCC2(CC1)CC(=O)c1ccc(OC)cc1O2. The maximum atomic E-state index is 12.5. The van der Waals surface area contributed by atoms with Crippen LogP contribution in [0, 0.1) is 0 Å². The molecule has 0 bridgehead atoms. The van der Waals surface area contributed by atoms with Crippen molar-refractivity contribution in [1.82, 2.24) is 4.90 Å². The van der Waals surface area contributed by atoms with Crippen LogP contribution in [0.3, 0.4) is 0 Å². The Balaban J connectivity index is 1.79. The van der Waals surface area contributed by atoms with Crippen molar-refractivity contribution in [2.45, 2.75) is 31.8 Å². The fourth-order valence-corrected chi connectivity index (χ4v) is 3.27. The third-order valence-corrected chi connectivity index (χ3v) is 4.63. The topological polar surface area (TPSA) is 55.8 Å². The zero-order valence-electron chi connectivity index (χ0n) is 13.6. The van der Waals surface area contributed by atoms with Gasteiger partial charge in [0.05, 0.1) is 19.1 Å². The number of rotatable bonds is 2. The summed E-state index contributed by atoms with van der Waals surface area (Å²) in [5, 5.41) is 0. The van der Waals surface area contributed by atoms with Crippen LogP contribution in [0.4, 0.5) is 0 Å². The summed E-state index contributed by atoms with van der Waals surface area (Å²) < 4.78 is 11.4. The third-order valence-electron chi connectivity index (χ3n) is 4.63. The number of carbonyl (C=O) groups is 2. The van der Waals surface area contributed by atoms with Gasteiger partial charge in [0.15, 0.2) is 5.78 Å². The number of piperidine rings is 1. The zero-order valence-corrected chi connectivity index (χ0v) is 13.6. The van der Waals surface area contributed by atoms with E-state index in [0.29, 0.717) is 55.0 Å². The van der Waals surface area contributed by atoms with Crippen molar-refractivity contribution in [3.63, 3.8) is 0 Å². The van der Waals surface area contributed by atoms with Crippen LogP contribution in [-0.4, -0.2) is 42.4 Å². The van der Waals surface area contributed by atoms with Crippen molar-refractivity contribution in [3.8, 4) is 11.5 Å². The van der Waals surface area contributed by atoms with Crippen molar-refractivity contribution in [2.75, 3.05) is 20.2 Å². The largest absolute Gasteiger partial charge is 0.497 e. The van der Waals surface area contributed by atoms with E-state index in [4.69, 9.17) is 9.47 Å². The van der Waals surface area contributed by atoms with Crippen molar-refractivity contribution in [2.24, 2.45) is 0 Å². The number of amides is 1. The third kappa shape index (κ3) is 2.83. The molecule has 1 aromatic rings. The van der Waals surface area contributed by atoms with Crippen LogP contribution in [0.15, 0.2) is 30.4 Å². The van der Waals surface area contributed by atoms with Crippen LogP contribution in [0.25, 0.3) is 0 Å². The Labute approximate surface area is 135 Å². The molecular formula is C18H21NO4. The van der Waals surface area contributed by atoms with Gasteiger partial charge in [-0.1, -0.05) is 6.58 Å². The van der Waals surface area contributed by atoms with Crippen LogP contribution in [-0.2, 0) is 4.79 Å². The van der Waals surface area contributed by atoms with E-state index in [2.05, 4.69) is 6.58 Å². The van der Waals surface area contributed by atoms with Gasteiger partial charge < -0.3 is 14.4 Å². The Hall–Kier alpha value is -2.30. The minimum absolute atomic E-state index is 0.0240. The molecule has 1 fully saturated rings. The van der Waals surface area contributed by atoms with Gasteiger partial charge in [-0.25, -0.2) is 0 Å². The fraction of sp³-hybridized carbons (Fsp3) is 0.444. The van der Waals surface area contributed by atoms with E-state index in [1.54, 1.807) is 37.1 Å². The first-order valence-corrected chi connectivity index (χ1v) is 7.79. The summed E-state index contributed by atoms with van der Waals surface area (Å²) in [7, 11) is 1.59. The first-order valence-electron chi connectivity index (χ1n) is 7.79. The Bertz CT molecular complexity index is 672. The lowest BCUT2D eigenvalue weighted by atomic mass is 9.82. The number of ether oxygens (including phenoxy) is 2. The second-order valence-electron chi connectivity index (χ2n) is 6.32. The van der Waals surface area contributed by atoms with Crippen LogP contribution >= 0.6 is 0 Å². The molecular weight excluding hydrogens is 294 g/mol. The van der Waals surface area contributed by atoms with E-state index in [1.165, 1.54) is 0 Å². The first kappa shape index (κ1) is 15.6. The summed E-state index contributed by atoms with van der Waals surface area (Å²) in [5.74, 6) is 1.32. The van der Waals surface area contributed by atoms with Gasteiger partial charge in [-0.2, -0.15) is 0 Å². The van der Waals surface area contributed by atoms with Crippen molar-refractivity contribution < 1.29 is 19.1 Å². The minimum atomic E-state index is -0.512. The van der Waals surface area contributed by atoms with E-state index in [1.807, 2.05) is 0 Å². The quantitative estimate of drug-likeness (QED) is 0.787. The number of hydrogen-bond acceptors (Lipinski definition) is 4. The zero-order chi connectivity index (χ0) is 16.6. The molecule has 2 heterocycles. The maximum absolute atomic E-state index is 12.5. The van der Waals surface area contributed by atoms with Gasteiger partial charge in [-0.05, 0) is 19.1 Å². The van der Waals surface area contributed by atoms with E-state index in [9.17, 15) is 9.59 Å². The molecule has 0 aromatic heterocycles. The number of nitrogens with zero attached hydrogens (tertiary/aromatic N) is 1. The molecule has 5 heteroatoms. The van der Waals surface area contributed by atoms with Gasteiger partial charge in [-0.3, -0.25) is 9.59 Å². The van der Waals surface area contributed by atoms with Crippen molar-refractivity contribution in [1.29, 1.82) is 0 Å². The fourth-order valence-electron chi connectivity index (χ4n) is 3.27. The molecule has 2 aliphatic heterocycles. The van der Waals surface area contributed by atoms with Crippen LogP contribution < -0.4 is 9.47 Å². The van der Waals surface area contributed by atoms with Crippen LogP contribution in [0.1, 0.15) is 36.5 Å². The number of methoxy groups -OCH3 is 1. The van der Waals surface area contributed by atoms with Gasteiger partial charge in [0.1, 0.15) is 17.1 Å². The highest BCUT2D eigenvalue weighted by molar-refractivity contribution is 6.00. The predicted molar refractivity (Wildman–Crippen MR) is 85.9 cm³/mol. The van der Waals surface area contributed by atoms with Gasteiger partial charge in [0.2, 0.25) is 5.91 Å². The van der Waals surface area contributed by atoms with E-state index in [-0.39, 0.29) is 11.7 Å². The average Bonchev–Trinajstić information content (AvgIpc) is 2.54. The molecule has 2 aliphatic rings. The Morgan fingerprint density at radius 1 is 1.35 bits per heavy atom. The predicted octanol–water partition coefficient (Wildman–Crippen LogP) is 2.60. The molecule has 1 saturated heterocycles. The Morgan fingerprint density at radius 3 is 2.65 bits per heavy atom. The molecule has 0 N–H and O–H groups in total. The Kier molecular flexibility index (Phi) is 3.88. The van der Waals surface area contributed by atoms with E-state index in [0.717, 1.165) is 0 Å². The van der Waals surface area contributed by atoms with Crippen LogP contribution in [0.2, 0.25) is 0 Å². The maximum Gasteiger partial charge on any atom is 0.248 e. The smallest absolute Gasteiger partial charge is 0.248 e. The summed E-state index contributed by atoms with van der Waals surface area (Å²) in [6, 6.07) is 5.29. The first-order chi connectivity index (χ1) is 10.9. The number of Topliss-reactive ketones (excluding diaryl/α,β-unsaturated/α-hetero) is 1. The lowest BCUT2D eigenvalue weighted by molar-refractivity contribution is -0.130. The summed E-state index contributed by atoms with van der Waals surface area (Å²) in [4.78, 5) is 26.3. The molecule has 1 spiro atoms. The second-order valence-corrected chi connectivity index (χ2v) is 6.32. The summed E-state index contributed by atoms with van der Waals surface area (Å²) in [6.07, 6.45) is 1.66. The Morgan fingerprint density at radius 2 is 2.04 bits per heavy atom. The highest BCUT2D eigenvalue weighted by atomic mass is 16.5. The molecule has 0 unspecified atom stereocenters. The molecule has 0 radical (unpaired) electrons. The molecule has 122 valence electrons. The second kappa shape index (κ2) is 5.72. The number of benzene rings is 1. The monoisotopic (exact) mass is 315 g/mol. The molecule has 1 aromatic carbocycles. The highest BCUT2D eigenvalue weighted by Gasteiger charge is 2.43. The number of carbonyl (C=O) groups excluding carboxylic acids is 2. The van der Waals surface area contributed by atoms with Gasteiger partial charge in [-0.15, -0.1) is 0 Å². The molecule has 3 rings (SSSR count).